The minimum atomic E-state index is -0.220. The largest absolute Gasteiger partial charge is 0.319 e. The molecule has 1 atom stereocenters. The Morgan fingerprint density at radius 1 is 1.00 bits per heavy atom. The van der Waals surface area contributed by atoms with Crippen LogP contribution in [0.1, 0.15) is 49.3 Å². The van der Waals surface area contributed by atoms with Gasteiger partial charge in [-0.3, -0.25) is 9.97 Å². The molecule has 100 valence electrons. The first-order valence-corrected chi connectivity index (χ1v) is 6.52. The van der Waals surface area contributed by atoms with Crippen LogP contribution in [0.5, 0.6) is 0 Å². The molecule has 0 fully saturated rings. The lowest BCUT2D eigenvalue weighted by Crippen LogP contribution is -2.15. The highest BCUT2D eigenvalue weighted by molar-refractivity contribution is 5.32. The fraction of sp³-hybridized carbons (Fsp3) is 0.375. The molecule has 2 aromatic rings. The van der Waals surface area contributed by atoms with Crippen LogP contribution in [0.15, 0.2) is 36.7 Å². The number of nitrogens with two attached hydrogens (primary N) is 1. The number of nitrogens with zero attached hydrogens (tertiary/aromatic N) is 2. The lowest BCUT2D eigenvalue weighted by atomic mass is 9.86. The highest BCUT2D eigenvalue weighted by atomic mass is 14.8. The lowest BCUT2D eigenvalue weighted by Gasteiger charge is -2.20. The van der Waals surface area contributed by atoms with Crippen LogP contribution in [0, 0.1) is 6.92 Å². The zero-order chi connectivity index (χ0) is 14.0. The number of hydrogen-bond donors (Lipinski definition) is 1. The minimum Gasteiger partial charge on any atom is -0.319 e. The topological polar surface area (TPSA) is 51.8 Å². The predicted octanol–water partition coefficient (Wildman–Crippen LogP) is 3.13. The van der Waals surface area contributed by atoms with Crippen LogP contribution in [0.25, 0.3) is 0 Å². The molecule has 0 aliphatic rings. The minimum absolute atomic E-state index is 0.159. The van der Waals surface area contributed by atoms with Crippen molar-refractivity contribution in [3.63, 3.8) is 0 Å². The third-order valence-corrected chi connectivity index (χ3v) is 3.26. The molecule has 1 unspecified atom stereocenters. The molecule has 0 radical (unpaired) electrons. The molecule has 0 spiro atoms. The van der Waals surface area contributed by atoms with E-state index >= 15 is 0 Å². The van der Waals surface area contributed by atoms with Crippen molar-refractivity contribution in [3.05, 3.63) is 59.2 Å². The first-order chi connectivity index (χ1) is 8.88. The van der Waals surface area contributed by atoms with E-state index in [4.69, 9.17) is 5.73 Å². The van der Waals surface area contributed by atoms with E-state index in [1.165, 1.54) is 5.56 Å². The Hall–Kier alpha value is -1.74. The maximum absolute atomic E-state index is 6.22. The standard InChI is InChI=1S/C16H21N3/c1-11-9-19-14(10-18-11)15(17)12-5-7-13(8-6-12)16(2,3)4/h5-10,15H,17H2,1-4H3. The molecular weight excluding hydrogens is 234 g/mol. The molecule has 3 nitrogen and oxygen atoms in total. The fourth-order valence-corrected chi connectivity index (χ4v) is 1.92. The molecule has 3 heteroatoms. The average Bonchev–Trinajstić information content (AvgIpc) is 2.38. The van der Waals surface area contributed by atoms with E-state index < -0.39 is 0 Å². The van der Waals surface area contributed by atoms with Crippen LogP contribution in [0.4, 0.5) is 0 Å². The molecular formula is C16H21N3. The van der Waals surface area contributed by atoms with Crippen molar-refractivity contribution in [2.24, 2.45) is 5.73 Å². The lowest BCUT2D eigenvalue weighted by molar-refractivity contribution is 0.589. The van der Waals surface area contributed by atoms with Gasteiger partial charge in [0, 0.05) is 6.20 Å². The predicted molar refractivity (Wildman–Crippen MR) is 77.9 cm³/mol. The van der Waals surface area contributed by atoms with Crippen LogP contribution < -0.4 is 5.73 Å². The molecule has 19 heavy (non-hydrogen) atoms. The van der Waals surface area contributed by atoms with Gasteiger partial charge < -0.3 is 5.73 Å². The van der Waals surface area contributed by atoms with Crippen LogP contribution in [-0.4, -0.2) is 9.97 Å². The van der Waals surface area contributed by atoms with Gasteiger partial charge in [0.25, 0.3) is 0 Å². The molecule has 0 aliphatic heterocycles. The summed E-state index contributed by atoms with van der Waals surface area (Å²) in [6, 6.07) is 8.20. The van der Waals surface area contributed by atoms with E-state index in [1.54, 1.807) is 12.4 Å². The Balaban J connectivity index is 2.25. The summed E-state index contributed by atoms with van der Waals surface area (Å²) in [5, 5.41) is 0. The van der Waals surface area contributed by atoms with Gasteiger partial charge in [-0.2, -0.15) is 0 Å². The second-order valence-electron chi connectivity index (χ2n) is 5.93. The second kappa shape index (κ2) is 5.10. The van der Waals surface area contributed by atoms with Crippen molar-refractivity contribution < 1.29 is 0 Å². The Morgan fingerprint density at radius 3 is 2.11 bits per heavy atom. The van der Waals surface area contributed by atoms with E-state index in [1.807, 2.05) is 6.92 Å². The normalized spacial score (nSPS) is 13.3. The monoisotopic (exact) mass is 255 g/mol. The summed E-state index contributed by atoms with van der Waals surface area (Å²) in [4.78, 5) is 8.58. The van der Waals surface area contributed by atoms with Gasteiger partial charge in [0.05, 0.1) is 23.6 Å². The summed E-state index contributed by atoms with van der Waals surface area (Å²) in [6.45, 7) is 8.52. The third-order valence-electron chi connectivity index (χ3n) is 3.26. The highest BCUT2D eigenvalue weighted by Gasteiger charge is 2.15. The number of aryl methyl sites for hydroxylation is 1. The Bertz CT molecular complexity index is 536. The first kappa shape index (κ1) is 13.7. The second-order valence-corrected chi connectivity index (χ2v) is 5.93. The molecule has 0 amide bonds. The number of benzene rings is 1. The summed E-state index contributed by atoms with van der Waals surface area (Å²) in [7, 11) is 0. The van der Waals surface area contributed by atoms with E-state index in [-0.39, 0.29) is 11.5 Å². The van der Waals surface area contributed by atoms with E-state index in [2.05, 4.69) is 55.0 Å². The summed E-state index contributed by atoms with van der Waals surface area (Å²) in [5.74, 6) is 0. The van der Waals surface area contributed by atoms with Crippen molar-refractivity contribution >= 4 is 0 Å². The van der Waals surface area contributed by atoms with Crippen molar-refractivity contribution in [1.29, 1.82) is 0 Å². The van der Waals surface area contributed by atoms with Crippen LogP contribution in [0.2, 0.25) is 0 Å². The van der Waals surface area contributed by atoms with E-state index in [0.717, 1.165) is 17.0 Å². The van der Waals surface area contributed by atoms with Gasteiger partial charge in [-0.25, -0.2) is 0 Å². The van der Waals surface area contributed by atoms with Crippen molar-refractivity contribution in [2.45, 2.75) is 39.2 Å². The van der Waals surface area contributed by atoms with Crippen LogP contribution in [-0.2, 0) is 5.41 Å². The molecule has 0 saturated carbocycles. The molecule has 0 aliphatic carbocycles. The smallest absolute Gasteiger partial charge is 0.0799 e. The first-order valence-electron chi connectivity index (χ1n) is 6.52. The summed E-state index contributed by atoms with van der Waals surface area (Å²) < 4.78 is 0. The summed E-state index contributed by atoms with van der Waals surface area (Å²) >= 11 is 0. The molecule has 1 heterocycles. The number of rotatable bonds is 2. The van der Waals surface area contributed by atoms with Gasteiger partial charge in [-0.05, 0) is 23.5 Å². The van der Waals surface area contributed by atoms with E-state index in [9.17, 15) is 0 Å². The number of hydrogen-bond acceptors (Lipinski definition) is 3. The van der Waals surface area contributed by atoms with Crippen molar-refractivity contribution in [1.82, 2.24) is 9.97 Å². The number of aromatic nitrogens is 2. The third kappa shape index (κ3) is 3.18. The highest BCUT2D eigenvalue weighted by Crippen LogP contribution is 2.24. The van der Waals surface area contributed by atoms with Crippen molar-refractivity contribution in [2.75, 3.05) is 0 Å². The SMILES string of the molecule is Cc1cnc(C(N)c2ccc(C(C)(C)C)cc2)cn1. The van der Waals surface area contributed by atoms with Crippen LogP contribution >= 0.6 is 0 Å². The molecule has 2 N–H and O–H groups in total. The van der Waals surface area contributed by atoms with Gasteiger partial charge in [-0.1, -0.05) is 45.0 Å². The zero-order valence-electron chi connectivity index (χ0n) is 12.0. The molecule has 0 bridgehead atoms. The molecule has 2 rings (SSSR count). The van der Waals surface area contributed by atoms with Gasteiger partial charge in [-0.15, -0.1) is 0 Å². The summed E-state index contributed by atoms with van der Waals surface area (Å²) in [6.07, 6.45) is 3.50. The molecule has 0 saturated heterocycles. The molecule has 1 aromatic heterocycles. The van der Waals surface area contributed by atoms with Gasteiger partial charge in [0.15, 0.2) is 0 Å². The fourth-order valence-electron chi connectivity index (χ4n) is 1.92. The van der Waals surface area contributed by atoms with Gasteiger partial charge >= 0.3 is 0 Å². The summed E-state index contributed by atoms with van der Waals surface area (Å²) in [5.41, 5.74) is 10.4. The van der Waals surface area contributed by atoms with Gasteiger partial charge in [0.2, 0.25) is 0 Å². The van der Waals surface area contributed by atoms with Crippen LogP contribution in [0.3, 0.4) is 0 Å². The average molecular weight is 255 g/mol. The van der Waals surface area contributed by atoms with Gasteiger partial charge in [0.1, 0.15) is 0 Å². The van der Waals surface area contributed by atoms with Crippen molar-refractivity contribution in [3.8, 4) is 0 Å². The Kier molecular flexibility index (Phi) is 3.67. The quantitative estimate of drug-likeness (QED) is 0.897. The zero-order valence-corrected chi connectivity index (χ0v) is 12.0. The molecule has 1 aromatic carbocycles. The Morgan fingerprint density at radius 2 is 1.63 bits per heavy atom. The van der Waals surface area contributed by atoms with E-state index in [0.29, 0.717) is 0 Å². The maximum Gasteiger partial charge on any atom is 0.0799 e. The Labute approximate surface area is 114 Å². The maximum atomic E-state index is 6.22.